The smallest absolute Gasteiger partial charge is 0.269 e. The van der Waals surface area contributed by atoms with Gasteiger partial charge < -0.3 is 0 Å². The van der Waals surface area contributed by atoms with E-state index in [0.29, 0.717) is 17.7 Å². The molecule has 1 unspecified atom stereocenters. The van der Waals surface area contributed by atoms with Crippen molar-refractivity contribution in [3.8, 4) is 0 Å². The van der Waals surface area contributed by atoms with Crippen LogP contribution >= 0.6 is 24.0 Å². The maximum absolute atomic E-state index is 12.3. The molecule has 2 aromatic rings. The van der Waals surface area contributed by atoms with Gasteiger partial charge in [-0.15, -0.1) is 0 Å². The van der Waals surface area contributed by atoms with Crippen LogP contribution in [0.3, 0.4) is 0 Å². The van der Waals surface area contributed by atoms with Crippen LogP contribution in [0.15, 0.2) is 33.9 Å². The lowest BCUT2D eigenvalue weighted by Gasteiger charge is -2.14. The Morgan fingerprint density at radius 2 is 2.05 bits per heavy atom. The Morgan fingerprint density at radius 3 is 2.74 bits per heavy atom. The molecule has 0 bridgehead atoms. The van der Waals surface area contributed by atoms with Gasteiger partial charge >= 0.3 is 4.87 Å². The van der Waals surface area contributed by atoms with Gasteiger partial charge in [0.2, 0.25) is 0 Å². The molecule has 3 nitrogen and oxygen atoms in total. The largest absolute Gasteiger partial charge is 0.310 e. The molecule has 0 aliphatic heterocycles. The lowest BCUT2D eigenvalue weighted by atomic mass is 10.1. The molecule has 1 aromatic heterocycles. The SMILES string of the molecule is CCCC(CS)Cn1c(=O)sc2ccccc2c1=O. The molecular formula is C14H17NO2S2. The molecule has 2 rings (SSSR count). The Labute approximate surface area is 121 Å². The van der Waals surface area contributed by atoms with Crippen LogP contribution in [-0.4, -0.2) is 10.3 Å². The maximum Gasteiger partial charge on any atom is 0.310 e. The van der Waals surface area contributed by atoms with Gasteiger partial charge in [-0.05, 0) is 30.2 Å². The third-order valence-corrected chi connectivity index (χ3v) is 4.66. The van der Waals surface area contributed by atoms with E-state index in [-0.39, 0.29) is 16.4 Å². The minimum atomic E-state index is -0.178. The second kappa shape index (κ2) is 6.39. The molecule has 0 fully saturated rings. The molecule has 0 aliphatic carbocycles. The summed E-state index contributed by atoms with van der Waals surface area (Å²) < 4.78 is 2.12. The molecule has 0 aliphatic rings. The standard InChI is InChI=1S/C14H17NO2S2/c1-2-5-10(9-18)8-15-13(16)11-6-3-4-7-12(11)19-14(15)17/h3-4,6-7,10,18H,2,5,8-9H2,1H3. The first kappa shape index (κ1) is 14.3. The molecule has 0 N–H and O–H groups in total. The molecule has 0 saturated heterocycles. The van der Waals surface area contributed by atoms with Crippen molar-refractivity contribution in [2.24, 2.45) is 5.92 Å². The average molecular weight is 295 g/mol. The molecule has 102 valence electrons. The fraction of sp³-hybridized carbons (Fsp3) is 0.429. The number of hydrogen-bond donors (Lipinski definition) is 1. The summed E-state index contributed by atoms with van der Waals surface area (Å²) >= 11 is 5.44. The van der Waals surface area contributed by atoms with E-state index in [4.69, 9.17) is 0 Å². The first-order valence-electron chi connectivity index (χ1n) is 6.41. The highest BCUT2D eigenvalue weighted by Gasteiger charge is 2.12. The molecule has 1 heterocycles. The summed E-state index contributed by atoms with van der Waals surface area (Å²) in [6.07, 6.45) is 2.01. The zero-order valence-corrected chi connectivity index (χ0v) is 12.5. The van der Waals surface area contributed by atoms with Crippen LogP contribution in [0.5, 0.6) is 0 Å². The van der Waals surface area contributed by atoms with Crippen LogP contribution in [0.1, 0.15) is 19.8 Å². The van der Waals surface area contributed by atoms with Crippen molar-refractivity contribution in [1.29, 1.82) is 0 Å². The predicted molar refractivity (Wildman–Crippen MR) is 84.6 cm³/mol. The van der Waals surface area contributed by atoms with Crippen molar-refractivity contribution in [3.63, 3.8) is 0 Å². The number of benzene rings is 1. The van der Waals surface area contributed by atoms with Gasteiger partial charge in [-0.1, -0.05) is 36.8 Å². The number of fused-ring (bicyclic) bond motifs is 1. The predicted octanol–water partition coefficient (Wildman–Crippen LogP) is 2.77. The second-order valence-corrected chi connectivity index (χ2v) is 5.98. The minimum absolute atomic E-state index is 0.174. The van der Waals surface area contributed by atoms with E-state index < -0.39 is 0 Å². The van der Waals surface area contributed by atoms with E-state index in [1.54, 1.807) is 6.07 Å². The quantitative estimate of drug-likeness (QED) is 0.862. The molecule has 1 atom stereocenters. The number of hydrogen-bond acceptors (Lipinski definition) is 4. The van der Waals surface area contributed by atoms with Gasteiger partial charge in [-0.3, -0.25) is 14.2 Å². The van der Waals surface area contributed by atoms with Crippen molar-refractivity contribution < 1.29 is 0 Å². The Balaban J connectivity index is 2.49. The Hall–Kier alpha value is -1.07. The molecule has 0 spiro atoms. The topological polar surface area (TPSA) is 39.1 Å². The molecule has 1 aromatic carbocycles. The van der Waals surface area contributed by atoms with E-state index in [2.05, 4.69) is 19.6 Å². The van der Waals surface area contributed by atoms with E-state index in [1.165, 1.54) is 4.57 Å². The van der Waals surface area contributed by atoms with Gasteiger partial charge in [-0.2, -0.15) is 12.6 Å². The third-order valence-electron chi connectivity index (χ3n) is 3.18. The zero-order valence-electron chi connectivity index (χ0n) is 10.8. The summed E-state index contributed by atoms with van der Waals surface area (Å²) in [5, 5.41) is 0.626. The molecule has 5 heteroatoms. The monoisotopic (exact) mass is 295 g/mol. The van der Waals surface area contributed by atoms with Crippen molar-refractivity contribution in [2.75, 3.05) is 5.75 Å². The Bertz CT molecular complexity index is 675. The molecule has 0 saturated carbocycles. The van der Waals surface area contributed by atoms with Gasteiger partial charge in [0.05, 0.1) is 5.39 Å². The van der Waals surface area contributed by atoms with Gasteiger partial charge in [0.25, 0.3) is 5.56 Å². The summed E-state index contributed by atoms with van der Waals surface area (Å²) in [4.78, 5) is 24.2. The second-order valence-electron chi connectivity index (χ2n) is 4.62. The fourth-order valence-electron chi connectivity index (χ4n) is 2.17. The van der Waals surface area contributed by atoms with Crippen LogP contribution < -0.4 is 10.4 Å². The van der Waals surface area contributed by atoms with Crippen LogP contribution in [0, 0.1) is 5.92 Å². The minimum Gasteiger partial charge on any atom is -0.269 e. The van der Waals surface area contributed by atoms with E-state index in [9.17, 15) is 9.59 Å². The van der Waals surface area contributed by atoms with Gasteiger partial charge in [0, 0.05) is 11.2 Å². The van der Waals surface area contributed by atoms with E-state index in [0.717, 1.165) is 28.9 Å². The zero-order chi connectivity index (χ0) is 13.8. The lowest BCUT2D eigenvalue weighted by molar-refractivity contribution is 0.443. The van der Waals surface area contributed by atoms with Gasteiger partial charge in [-0.25, -0.2) is 0 Å². The number of nitrogens with zero attached hydrogens (tertiary/aromatic N) is 1. The Kier molecular flexibility index (Phi) is 4.82. The Morgan fingerprint density at radius 1 is 1.32 bits per heavy atom. The molecule has 19 heavy (non-hydrogen) atoms. The highest BCUT2D eigenvalue weighted by atomic mass is 32.1. The first-order chi connectivity index (χ1) is 9.17. The molecular weight excluding hydrogens is 278 g/mol. The number of thiol groups is 1. The summed E-state index contributed by atoms with van der Waals surface area (Å²) in [5.74, 6) is 0.962. The van der Waals surface area contributed by atoms with Crippen molar-refractivity contribution in [1.82, 2.24) is 4.57 Å². The summed E-state index contributed by atoms with van der Waals surface area (Å²) in [7, 11) is 0. The maximum atomic E-state index is 12.3. The average Bonchev–Trinajstić information content (AvgIpc) is 2.42. The van der Waals surface area contributed by atoms with Crippen LogP contribution in [0.4, 0.5) is 0 Å². The highest BCUT2D eigenvalue weighted by molar-refractivity contribution is 7.80. The van der Waals surface area contributed by atoms with Crippen molar-refractivity contribution in [2.45, 2.75) is 26.3 Å². The molecule has 0 radical (unpaired) electrons. The summed E-state index contributed by atoms with van der Waals surface area (Å²) in [5.41, 5.74) is -0.178. The van der Waals surface area contributed by atoms with Crippen LogP contribution in [0.2, 0.25) is 0 Å². The van der Waals surface area contributed by atoms with E-state index in [1.807, 2.05) is 18.2 Å². The highest BCUT2D eigenvalue weighted by Crippen LogP contribution is 2.13. The van der Waals surface area contributed by atoms with Crippen molar-refractivity contribution >= 4 is 34.1 Å². The van der Waals surface area contributed by atoms with Crippen LogP contribution in [0.25, 0.3) is 10.1 Å². The van der Waals surface area contributed by atoms with Gasteiger partial charge in [0.1, 0.15) is 0 Å². The lowest BCUT2D eigenvalue weighted by Crippen LogP contribution is -2.34. The molecule has 0 amide bonds. The van der Waals surface area contributed by atoms with Gasteiger partial charge in [0.15, 0.2) is 0 Å². The van der Waals surface area contributed by atoms with E-state index >= 15 is 0 Å². The normalized spacial score (nSPS) is 12.7. The number of aromatic nitrogens is 1. The third kappa shape index (κ3) is 3.09. The first-order valence-corrected chi connectivity index (χ1v) is 7.85. The van der Waals surface area contributed by atoms with Crippen LogP contribution in [-0.2, 0) is 6.54 Å². The van der Waals surface area contributed by atoms with Crippen molar-refractivity contribution in [3.05, 3.63) is 44.3 Å². The summed E-state index contributed by atoms with van der Waals surface area (Å²) in [6, 6.07) is 7.26. The fourth-order valence-corrected chi connectivity index (χ4v) is 3.34. The summed E-state index contributed by atoms with van der Waals surface area (Å²) in [6.45, 7) is 2.57. The number of rotatable bonds is 5.